The van der Waals surface area contributed by atoms with Crippen molar-refractivity contribution in [2.24, 2.45) is 5.73 Å². The van der Waals surface area contributed by atoms with Crippen molar-refractivity contribution in [2.75, 3.05) is 0 Å². The van der Waals surface area contributed by atoms with Gasteiger partial charge in [-0.3, -0.25) is 9.59 Å². The highest BCUT2D eigenvalue weighted by atomic mass is 16.4. The number of aryl methyl sites for hydroxylation is 1. The van der Waals surface area contributed by atoms with Crippen molar-refractivity contribution >= 4 is 17.8 Å². The zero-order chi connectivity index (χ0) is 14.4. The van der Waals surface area contributed by atoms with Crippen molar-refractivity contribution in [1.82, 2.24) is 5.32 Å². The van der Waals surface area contributed by atoms with Gasteiger partial charge in [-0.1, -0.05) is 29.8 Å². The molecule has 0 heterocycles. The fraction of sp³-hybridized carbons (Fsp3) is 0.308. The molecule has 1 atom stereocenters. The standard InChI is InChI=1S/C13H16N2O4/c1-8-2-4-9(5-3-8)6-12(17)15-10(13(18)19)7-11(14)16/h2-5,10H,6-7H2,1H3,(H2,14,16)(H,15,17)(H,18,19). The average molecular weight is 264 g/mol. The summed E-state index contributed by atoms with van der Waals surface area (Å²) in [6.45, 7) is 1.93. The van der Waals surface area contributed by atoms with E-state index in [-0.39, 0.29) is 6.42 Å². The van der Waals surface area contributed by atoms with Crippen molar-refractivity contribution < 1.29 is 19.5 Å². The Bertz CT molecular complexity index is 482. The number of amides is 2. The molecule has 1 aromatic rings. The van der Waals surface area contributed by atoms with Crippen LogP contribution in [-0.2, 0) is 20.8 Å². The van der Waals surface area contributed by atoms with E-state index in [2.05, 4.69) is 5.32 Å². The highest BCUT2D eigenvalue weighted by molar-refractivity contribution is 5.88. The van der Waals surface area contributed by atoms with Gasteiger partial charge in [0.1, 0.15) is 6.04 Å². The fourth-order valence-electron chi connectivity index (χ4n) is 1.54. The van der Waals surface area contributed by atoms with E-state index >= 15 is 0 Å². The third kappa shape index (κ3) is 5.20. The summed E-state index contributed by atoms with van der Waals surface area (Å²) in [5, 5.41) is 11.1. The van der Waals surface area contributed by atoms with Gasteiger partial charge in [0.15, 0.2) is 0 Å². The number of primary amides is 1. The Kier molecular flexibility index (Phi) is 5.05. The van der Waals surface area contributed by atoms with Gasteiger partial charge in [-0.15, -0.1) is 0 Å². The number of hydrogen-bond donors (Lipinski definition) is 3. The molecule has 19 heavy (non-hydrogen) atoms. The Morgan fingerprint density at radius 1 is 1.26 bits per heavy atom. The molecule has 0 saturated heterocycles. The fourth-order valence-corrected chi connectivity index (χ4v) is 1.54. The van der Waals surface area contributed by atoms with E-state index in [9.17, 15) is 14.4 Å². The molecule has 0 aliphatic rings. The van der Waals surface area contributed by atoms with Crippen LogP contribution in [0.4, 0.5) is 0 Å². The molecular formula is C13H16N2O4. The van der Waals surface area contributed by atoms with Crippen LogP contribution in [-0.4, -0.2) is 28.9 Å². The molecule has 0 spiro atoms. The molecule has 0 aliphatic heterocycles. The zero-order valence-electron chi connectivity index (χ0n) is 10.6. The summed E-state index contributed by atoms with van der Waals surface area (Å²) in [5.74, 6) is -2.52. The third-order valence-electron chi connectivity index (χ3n) is 2.52. The van der Waals surface area contributed by atoms with Crippen LogP contribution < -0.4 is 11.1 Å². The summed E-state index contributed by atoms with van der Waals surface area (Å²) in [5.41, 5.74) is 6.76. The summed E-state index contributed by atoms with van der Waals surface area (Å²) in [6, 6.07) is 6.02. The minimum absolute atomic E-state index is 0.0584. The SMILES string of the molecule is Cc1ccc(CC(=O)NC(CC(N)=O)C(=O)O)cc1. The molecule has 0 saturated carbocycles. The van der Waals surface area contributed by atoms with Crippen LogP contribution in [0.1, 0.15) is 17.5 Å². The molecule has 4 N–H and O–H groups in total. The van der Waals surface area contributed by atoms with Gasteiger partial charge in [0.2, 0.25) is 11.8 Å². The minimum atomic E-state index is -1.28. The van der Waals surface area contributed by atoms with Crippen molar-refractivity contribution in [1.29, 1.82) is 0 Å². The molecule has 1 aromatic carbocycles. The van der Waals surface area contributed by atoms with Gasteiger partial charge in [0.25, 0.3) is 0 Å². The molecule has 2 amide bonds. The van der Waals surface area contributed by atoms with Gasteiger partial charge in [0.05, 0.1) is 12.8 Å². The van der Waals surface area contributed by atoms with E-state index in [4.69, 9.17) is 10.8 Å². The van der Waals surface area contributed by atoms with E-state index in [1.807, 2.05) is 19.1 Å². The predicted molar refractivity (Wildman–Crippen MR) is 68.3 cm³/mol. The van der Waals surface area contributed by atoms with Crippen LogP contribution in [0.2, 0.25) is 0 Å². The molecule has 0 aromatic heterocycles. The number of carboxylic acid groups (broad SMARTS) is 1. The Morgan fingerprint density at radius 2 is 1.84 bits per heavy atom. The Hall–Kier alpha value is -2.37. The molecule has 1 rings (SSSR count). The lowest BCUT2D eigenvalue weighted by Crippen LogP contribution is -2.43. The zero-order valence-corrected chi connectivity index (χ0v) is 10.6. The summed E-state index contributed by atoms with van der Waals surface area (Å²) in [4.78, 5) is 33.2. The number of carboxylic acids is 1. The maximum absolute atomic E-state index is 11.7. The van der Waals surface area contributed by atoms with Crippen LogP contribution in [0.3, 0.4) is 0 Å². The lowest BCUT2D eigenvalue weighted by molar-refractivity contribution is -0.143. The van der Waals surface area contributed by atoms with E-state index in [0.29, 0.717) is 0 Å². The second kappa shape index (κ2) is 6.53. The maximum Gasteiger partial charge on any atom is 0.326 e. The normalized spacial score (nSPS) is 11.6. The smallest absolute Gasteiger partial charge is 0.326 e. The molecule has 6 heteroatoms. The number of rotatable bonds is 6. The number of carbonyl (C=O) groups is 3. The van der Waals surface area contributed by atoms with Crippen molar-refractivity contribution in [2.45, 2.75) is 25.8 Å². The van der Waals surface area contributed by atoms with E-state index < -0.39 is 30.2 Å². The van der Waals surface area contributed by atoms with Crippen LogP contribution in [0.25, 0.3) is 0 Å². The molecule has 0 radical (unpaired) electrons. The number of hydrogen-bond acceptors (Lipinski definition) is 3. The molecule has 102 valence electrons. The highest BCUT2D eigenvalue weighted by Gasteiger charge is 2.21. The number of aliphatic carboxylic acids is 1. The first-order valence-corrected chi connectivity index (χ1v) is 5.74. The van der Waals surface area contributed by atoms with Gasteiger partial charge in [0, 0.05) is 0 Å². The van der Waals surface area contributed by atoms with Crippen molar-refractivity contribution in [3.8, 4) is 0 Å². The number of nitrogens with two attached hydrogens (primary N) is 1. The number of carbonyl (C=O) groups excluding carboxylic acids is 2. The predicted octanol–water partition coefficient (Wildman–Crippen LogP) is -0.0177. The van der Waals surface area contributed by atoms with E-state index in [1.54, 1.807) is 12.1 Å². The highest BCUT2D eigenvalue weighted by Crippen LogP contribution is 2.04. The van der Waals surface area contributed by atoms with Gasteiger partial charge in [-0.25, -0.2) is 4.79 Å². The first-order chi connectivity index (χ1) is 8.88. The first-order valence-electron chi connectivity index (χ1n) is 5.74. The monoisotopic (exact) mass is 264 g/mol. The second-order valence-corrected chi connectivity index (χ2v) is 4.29. The summed E-state index contributed by atoms with van der Waals surface area (Å²) in [7, 11) is 0. The van der Waals surface area contributed by atoms with Crippen molar-refractivity contribution in [3.05, 3.63) is 35.4 Å². The molecule has 6 nitrogen and oxygen atoms in total. The lowest BCUT2D eigenvalue weighted by Gasteiger charge is -2.12. The van der Waals surface area contributed by atoms with Crippen LogP contribution in [0, 0.1) is 6.92 Å². The van der Waals surface area contributed by atoms with Gasteiger partial charge in [-0.05, 0) is 12.5 Å². The maximum atomic E-state index is 11.7. The summed E-state index contributed by atoms with van der Waals surface area (Å²) in [6.07, 6.45) is -0.363. The van der Waals surface area contributed by atoms with Gasteiger partial charge >= 0.3 is 5.97 Å². The second-order valence-electron chi connectivity index (χ2n) is 4.29. The number of benzene rings is 1. The minimum Gasteiger partial charge on any atom is -0.480 e. The Balaban J connectivity index is 2.59. The lowest BCUT2D eigenvalue weighted by atomic mass is 10.1. The average Bonchev–Trinajstić information content (AvgIpc) is 2.30. The molecule has 0 fully saturated rings. The van der Waals surface area contributed by atoms with E-state index in [0.717, 1.165) is 11.1 Å². The Labute approximate surface area is 110 Å². The summed E-state index contributed by atoms with van der Waals surface area (Å²) < 4.78 is 0. The molecule has 1 unspecified atom stereocenters. The van der Waals surface area contributed by atoms with Gasteiger partial charge < -0.3 is 16.2 Å². The van der Waals surface area contributed by atoms with E-state index in [1.165, 1.54) is 0 Å². The topological polar surface area (TPSA) is 109 Å². The van der Waals surface area contributed by atoms with Gasteiger partial charge in [-0.2, -0.15) is 0 Å². The van der Waals surface area contributed by atoms with Crippen molar-refractivity contribution in [3.63, 3.8) is 0 Å². The third-order valence-corrected chi connectivity index (χ3v) is 2.52. The molecular weight excluding hydrogens is 248 g/mol. The van der Waals surface area contributed by atoms with Crippen LogP contribution in [0.15, 0.2) is 24.3 Å². The number of nitrogens with one attached hydrogen (secondary N) is 1. The van der Waals surface area contributed by atoms with Crippen LogP contribution >= 0.6 is 0 Å². The van der Waals surface area contributed by atoms with Crippen LogP contribution in [0.5, 0.6) is 0 Å². The quantitative estimate of drug-likeness (QED) is 0.670. The largest absolute Gasteiger partial charge is 0.480 e. The Morgan fingerprint density at radius 3 is 2.32 bits per heavy atom. The molecule has 0 aliphatic carbocycles. The summed E-state index contributed by atoms with van der Waals surface area (Å²) >= 11 is 0. The molecule has 0 bridgehead atoms. The first kappa shape index (κ1) is 14.7.